The number of amides is 1. The molecule has 0 spiro atoms. The van der Waals surface area contributed by atoms with Gasteiger partial charge in [-0.15, -0.1) is 0 Å². The number of carbonyl (C=O) groups is 1. The zero-order chi connectivity index (χ0) is 17.1. The molecule has 0 saturated carbocycles. The van der Waals surface area contributed by atoms with Crippen molar-refractivity contribution in [2.75, 3.05) is 7.11 Å². The molecule has 2 aromatic carbocycles. The lowest BCUT2D eigenvalue weighted by Crippen LogP contribution is -2.24. The lowest BCUT2D eigenvalue weighted by Gasteiger charge is -2.06. The van der Waals surface area contributed by atoms with E-state index in [-0.39, 0.29) is 5.76 Å². The third kappa shape index (κ3) is 3.30. The van der Waals surface area contributed by atoms with Crippen molar-refractivity contribution in [1.82, 2.24) is 5.32 Å². The SMILES string of the molecule is COc1ccc2c(=O)oc(C(=O)NCc3ccc(C)cc3)cc2c1. The molecule has 0 saturated heterocycles. The minimum atomic E-state index is -0.546. The molecule has 0 bridgehead atoms. The second kappa shape index (κ2) is 6.58. The van der Waals surface area contributed by atoms with Crippen molar-refractivity contribution in [3.63, 3.8) is 0 Å². The molecule has 0 fully saturated rings. The van der Waals surface area contributed by atoms with Gasteiger partial charge in [0.05, 0.1) is 12.5 Å². The Morgan fingerprint density at radius 2 is 1.88 bits per heavy atom. The maximum atomic E-state index is 12.3. The van der Waals surface area contributed by atoms with Crippen LogP contribution >= 0.6 is 0 Å². The molecule has 1 N–H and O–H groups in total. The highest BCUT2D eigenvalue weighted by atomic mass is 16.5. The summed E-state index contributed by atoms with van der Waals surface area (Å²) in [6.07, 6.45) is 0. The molecule has 24 heavy (non-hydrogen) atoms. The molecule has 0 aliphatic heterocycles. The summed E-state index contributed by atoms with van der Waals surface area (Å²) < 4.78 is 10.3. The molecule has 1 aromatic heterocycles. The van der Waals surface area contributed by atoms with Crippen molar-refractivity contribution < 1.29 is 13.9 Å². The summed E-state index contributed by atoms with van der Waals surface area (Å²) >= 11 is 0. The van der Waals surface area contributed by atoms with Gasteiger partial charge in [0.15, 0.2) is 5.76 Å². The fourth-order valence-corrected chi connectivity index (χ4v) is 2.39. The van der Waals surface area contributed by atoms with Gasteiger partial charge in [0.1, 0.15) is 5.75 Å². The van der Waals surface area contributed by atoms with Crippen LogP contribution in [0, 0.1) is 6.92 Å². The average Bonchev–Trinajstić information content (AvgIpc) is 2.60. The molecule has 0 aliphatic rings. The van der Waals surface area contributed by atoms with Crippen molar-refractivity contribution in [3.8, 4) is 5.75 Å². The number of ether oxygens (including phenoxy) is 1. The summed E-state index contributed by atoms with van der Waals surface area (Å²) in [6.45, 7) is 2.36. The van der Waals surface area contributed by atoms with Crippen LogP contribution in [0.1, 0.15) is 21.7 Å². The molecule has 0 aliphatic carbocycles. The quantitative estimate of drug-likeness (QED) is 0.801. The number of carbonyl (C=O) groups excluding carboxylic acids is 1. The second-order valence-corrected chi connectivity index (χ2v) is 5.52. The fraction of sp³-hybridized carbons (Fsp3) is 0.158. The Morgan fingerprint density at radius 1 is 1.12 bits per heavy atom. The minimum absolute atomic E-state index is 0.0205. The van der Waals surface area contributed by atoms with E-state index >= 15 is 0 Å². The molecule has 0 radical (unpaired) electrons. The predicted molar refractivity (Wildman–Crippen MR) is 91.4 cm³/mol. The number of hydrogen-bond donors (Lipinski definition) is 1. The fourth-order valence-electron chi connectivity index (χ4n) is 2.39. The largest absolute Gasteiger partial charge is 0.497 e. The predicted octanol–water partition coefficient (Wildman–Crippen LogP) is 3.04. The number of methoxy groups -OCH3 is 1. The zero-order valence-electron chi connectivity index (χ0n) is 13.5. The van der Waals surface area contributed by atoms with Crippen LogP contribution < -0.4 is 15.7 Å². The van der Waals surface area contributed by atoms with E-state index in [4.69, 9.17) is 9.15 Å². The highest BCUT2D eigenvalue weighted by molar-refractivity contribution is 5.95. The molecule has 5 heteroatoms. The van der Waals surface area contributed by atoms with Gasteiger partial charge < -0.3 is 14.5 Å². The van der Waals surface area contributed by atoms with E-state index in [0.717, 1.165) is 11.1 Å². The summed E-state index contributed by atoms with van der Waals surface area (Å²) in [4.78, 5) is 24.3. The number of aryl methyl sites for hydroxylation is 1. The van der Waals surface area contributed by atoms with Crippen LogP contribution in [0.5, 0.6) is 5.75 Å². The highest BCUT2D eigenvalue weighted by Crippen LogP contribution is 2.19. The van der Waals surface area contributed by atoms with Gasteiger partial charge in [0, 0.05) is 6.54 Å². The standard InChI is InChI=1S/C19H17NO4/c1-12-3-5-13(6-4-12)11-20-18(21)17-10-14-9-15(23-2)7-8-16(14)19(22)24-17/h3-10H,11H2,1-2H3,(H,20,21). The van der Waals surface area contributed by atoms with Crippen LogP contribution in [0.4, 0.5) is 0 Å². The Kier molecular flexibility index (Phi) is 4.33. The molecular weight excluding hydrogens is 306 g/mol. The van der Waals surface area contributed by atoms with Gasteiger partial charge in [-0.1, -0.05) is 29.8 Å². The van der Waals surface area contributed by atoms with E-state index in [0.29, 0.717) is 23.1 Å². The van der Waals surface area contributed by atoms with E-state index in [2.05, 4.69) is 5.32 Å². The summed E-state index contributed by atoms with van der Waals surface area (Å²) in [5.74, 6) is 0.157. The monoisotopic (exact) mass is 323 g/mol. The van der Waals surface area contributed by atoms with Crippen molar-refractivity contribution in [2.45, 2.75) is 13.5 Å². The Hall–Kier alpha value is -3.08. The first kappa shape index (κ1) is 15.8. The summed E-state index contributed by atoms with van der Waals surface area (Å²) in [5, 5.41) is 3.76. The zero-order valence-corrected chi connectivity index (χ0v) is 13.5. The molecule has 0 atom stereocenters. The first-order valence-corrected chi connectivity index (χ1v) is 7.52. The summed E-state index contributed by atoms with van der Waals surface area (Å²) in [5.41, 5.74) is 1.58. The van der Waals surface area contributed by atoms with Gasteiger partial charge in [-0.3, -0.25) is 4.79 Å². The van der Waals surface area contributed by atoms with E-state index in [1.807, 2.05) is 31.2 Å². The van der Waals surface area contributed by atoms with Gasteiger partial charge in [0.25, 0.3) is 5.91 Å². The number of rotatable bonds is 4. The third-order valence-corrected chi connectivity index (χ3v) is 3.77. The number of benzene rings is 2. The molecule has 1 heterocycles. The van der Waals surface area contributed by atoms with Crippen molar-refractivity contribution in [1.29, 1.82) is 0 Å². The van der Waals surface area contributed by atoms with Crippen molar-refractivity contribution >= 4 is 16.7 Å². The summed E-state index contributed by atoms with van der Waals surface area (Å²) in [6, 6.07) is 14.4. The smallest absolute Gasteiger partial charge is 0.344 e. The average molecular weight is 323 g/mol. The number of fused-ring (bicyclic) bond motifs is 1. The van der Waals surface area contributed by atoms with E-state index in [1.165, 1.54) is 0 Å². The van der Waals surface area contributed by atoms with Gasteiger partial charge in [-0.25, -0.2) is 4.79 Å². The van der Waals surface area contributed by atoms with Crippen LogP contribution in [0.15, 0.2) is 57.7 Å². The number of hydrogen-bond acceptors (Lipinski definition) is 4. The van der Waals surface area contributed by atoms with Gasteiger partial charge in [-0.05, 0) is 42.1 Å². The maximum Gasteiger partial charge on any atom is 0.344 e. The Balaban J connectivity index is 1.83. The summed E-state index contributed by atoms with van der Waals surface area (Å²) in [7, 11) is 1.54. The Labute approximate surface area is 138 Å². The lowest BCUT2D eigenvalue weighted by molar-refractivity contribution is 0.0919. The van der Waals surface area contributed by atoms with Crippen LogP contribution in [-0.2, 0) is 6.54 Å². The first-order chi connectivity index (χ1) is 11.6. The lowest BCUT2D eigenvalue weighted by atomic mass is 10.1. The molecule has 5 nitrogen and oxygen atoms in total. The normalized spacial score (nSPS) is 10.6. The molecule has 3 aromatic rings. The topological polar surface area (TPSA) is 68.5 Å². The maximum absolute atomic E-state index is 12.3. The first-order valence-electron chi connectivity index (χ1n) is 7.52. The molecule has 3 rings (SSSR count). The van der Waals surface area contributed by atoms with Crippen molar-refractivity contribution in [2.24, 2.45) is 0 Å². The third-order valence-electron chi connectivity index (χ3n) is 3.77. The number of nitrogens with one attached hydrogen (secondary N) is 1. The van der Waals surface area contributed by atoms with Crippen LogP contribution in [0.3, 0.4) is 0 Å². The Bertz CT molecular complexity index is 942. The van der Waals surface area contributed by atoms with E-state index < -0.39 is 11.5 Å². The molecule has 122 valence electrons. The van der Waals surface area contributed by atoms with Gasteiger partial charge in [-0.2, -0.15) is 0 Å². The van der Waals surface area contributed by atoms with E-state index in [1.54, 1.807) is 31.4 Å². The second-order valence-electron chi connectivity index (χ2n) is 5.52. The van der Waals surface area contributed by atoms with Gasteiger partial charge in [0.2, 0.25) is 0 Å². The van der Waals surface area contributed by atoms with Crippen LogP contribution in [0.2, 0.25) is 0 Å². The van der Waals surface area contributed by atoms with Crippen LogP contribution in [0.25, 0.3) is 10.8 Å². The minimum Gasteiger partial charge on any atom is -0.497 e. The molecule has 0 unspecified atom stereocenters. The van der Waals surface area contributed by atoms with Gasteiger partial charge >= 0.3 is 5.63 Å². The van der Waals surface area contributed by atoms with Crippen molar-refractivity contribution in [3.05, 3.63) is 75.8 Å². The highest BCUT2D eigenvalue weighted by Gasteiger charge is 2.12. The molecule has 1 amide bonds. The Morgan fingerprint density at radius 3 is 2.58 bits per heavy atom. The van der Waals surface area contributed by atoms with Crippen LogP contribution in [-0.4, -0.2) is 13.0 Å². The molecular formula is C19H17NO4. The van der Waals surface area contributed by atoms with E-state index in [9.17, 15) is 9.59 Å².